The van der Waals surface area contributed by atoms with Crippen LogP contribution in [0.25, 0.3) is 0 Å². The van der Waals surface area contributed by atoms with Crippen molar-refractivity contribution in [1.82, 2.24) is 15.6 Å². The van der Waals surface area contributed by atoms with E-state index >= 15 is 0 Å². The quantitative estimate of drug-likeness (QED) is 0.696. The predicted octanol–water partition coefficient (Wildman–Crippen LogP) is 1.70. The van der Waals surface area contributed by atoms with Gasteiger partial charge in [-0.3, -0.25) is 13.9 Å². The second-order valence-electron chi connectivity index (χ2n) is 8.31. The van der Waals surface area contributed by atoms with Crippen LogP contribution in [0.15, 0.2) is 41.4 Å². The van der Waals surface area contributed by atoms with Crippen LogP contribution >= 0.6 is 0 Å². The van der Waals surface area contributed by atoms with Gasteiger partial charge in [0, 0.05) is 13.2 Å². The second kappa shape index (κ2) is 8.73. The number of sulfonamides is 1. The van der Waals surface area contributed by atoms with E-state index in [4.69, 9.17) is 4.74 Å². The van der Waals surface area contributed by atoms with Crippen LogP contribution in [0, 0.1) is 11.2 Å². The zero-order valence-electron chi connectivity index (χ0n) is 18.2. The van der Waals surface area contributed by atoms with E-state index < -0.39 is 33.2 Å². The van der Waals surface area contributed by atoms with Crippen molar-refractivity contribution >= 4 is 27.5 Å². The fourth-order valence-corrected chi connectivity index (χ4v) is 4.66. The van der Waals surface area contributed by atoms with E-state index in [9.17, 15) is 22.4 Å². The van der Waals surface area contributed by atoms with Crippen molar-refractivity contribution in [2.24, 2.45) is 5.41 Å². The summed E-state index contributed by atoms with van der Waals surface area (Å²) in [7, 11) is -2.57. The number of carbonyl (C=O) groups excluding carboxylic acids is 2. The highest BCUT2D eigenvalue weighted by atomic mass is 32.2. The van der Waals surface area contributed by atoms with Gasteiger partial charge in [0.25, 0.3) is 15.9 Å². The molecule has 32 heavy (non-hydrogen) atoms. The number of amides is 2. The minimum atomic E-state index is -4.05. The van der Waals surface area contributed by atoms with Crippen molar-refractivity contribution in [3.63, 3.8) is 0 Å². The fourth-order valence-electron chi connectivity index (χ4n) is 3.22. The second-order valence-corrected chi connectivity index (χ2v) is 10.2. The van der Waals surface area contributed by atoms with Gasteiger partial charge < -0.3 is 15.4 Å². The number of nitrogens with zero attached hydrogens (tertiary/aromatic N) is 2. The Hall–Kier alpha value is -3.21. The third-order valence-electron chi connectivity index (χ3n) is 4.95. The summed E-state index contributed by atoms with van der Waals surface area (Å²) >= 11 is 0. The zero-order valence-corrected chi connectivity index (χ0v) is 19.0. The average Bonchev–Trinajstić information content (AvgIpc) is 2.75. The molecule has 0 spiro atoms. The first kappa shape index (κ1) is 23.5. The molecule has 1 aromatic heterocycles. The highest BCUT2D eigenvalue weighted by Crippen LogP contribution is 2.34. The number of benzene rings is 1. The molecule has 0 aliphatic carbocycles. The lowest BCUT2D eigenvalue weighted by Gasteiger charge is -2.31. The summed E-state index contributed by atoms with van der Waals surface area (Å²) < 4.78 is 46.1. The van der Waals surface area contributed by atoms with Gasteiger partial charge in [0.2, 0.25) is 11.8 Å². The summed E-state index contributed by atoms with van der Waals surface area (Å²) in [5.41, 5.74) is -0.425. The monoisotopic (exact) mass is 464 g/mol. The number of likely N-dealkylation sites (N-methyl/N-ethyl adjacent to an activating group) is 1. The van der Waals surface area contributed by atoms with E-state index in [1.54, 1.807) is 0 Å². The Balaban J connectivity index is 1.96. The Morgan fingerprint density at radius 2 is 1.88 bits per heavy atom. The average molecular weight is 465 g/mol. The number of pyridine rings is 1. The highest BCUT2D eigenvalue weighted by molar-refractivity contribution is 7.92. The molecule has 2 aromatic rings. The van der Waals surface area contributed by atoms with E-state index in [-0.39, 0.29) is 41.1 Å². The summed E-state index contributed by atoms with van der Waals surface area (Å²) in [5.74, 6) is -1.46. The third kappa shape index (κ3) is 4.67. The zero-order chi connectivity index (χ0) is 23.7. The number of carbonyl (C=O) groups is 2. The van der Waals surface area contributed by atoms with Crippen molar-refractivity contribution < 1.29 is 27.1 Å². The Morgan fingerprint density at radius 3 is 2.47 bits per heavy atom. The minimum Gasteiger partial charge on any atom is -0.474 e. The SMILES string of the molecule is CNC(=O)C(NC(=O)c1cnc2c(c1)N(S(=O)(=O)c1ccc(F)cc1)CCO2)C(C)(C)C. The number of rotatable bonds is 5. The summed E-state index contributed by atoms with van der Waals surface area (Å²) in [6.07, 6.45) is 1.26. The topological polar surface area (TPSA) is 118 Å². The first-order valence-electron chi connectivity index (χ1n) is 9.89. The Morgan fingerprint density at radius 1 is 1.22 bits per heavy atom. The van der Waals surface area contributed by atoms with Crippen LogP contribution in [-0.2, 0) is 14.8 Å². The summed E-state index contributed by atoms with van der Waals surface area (Å²) in [5, 5.41) is 5.20. The van der Waals surface area contributed by atoms with Crippen LogP contribution in [0.4, 0.5) is 10.1 Å². The van der Waals surface area contributed by atoms with Gasteiger partial charge >= 0.3 is 0 Å². The maximum absolute atomic E-state index is 13.3. The Bertz CT molecular complexity index is 1130. The van der Waals surface area contributed by atoms with Gasteiger partial charge in [0.05, 0.1) is 17.0 Å². The van der Waals surface area contributed by atoms with Gasteiger partial charge in [0.1, 0.15) is 24.2 Å². The number of halogens is 1. The smallest absolute Gasteiger partial charge is 0.264 e. The minimum absolute atomic E-state index is 0.0116. The largest absolute Gasteiger partial charge is 0.474 e. The first-order valence-corrected chi connectivity index (χ1v) is 11.3. The third-order valence-corrected chi connectivity index (χ3v) is 6.78. The highest BCUT2D eigenvalue weighted by Gasteiger charge is 2.34. The number of nitrogens with one attached hydrogen (secondary N) is 2. The summed E-state index contributed by atoms with van der Waals surface area (Å²) in [4.78, 5) is 29.1. The molecule has 0 saturated carbocycles. The Kier molecular flexibility index (Phi) is 6.40. The van der Waals surface area contributed by atoms with Crippen molar-refractivity contribution in [3.8, 4) is 5.88 Å². The molecule has 2 N–H and O–H groups in total. The lowest BCUT2D eigenvalue weighted by atomic mass is 9.86. The van der Waals surface area contributed by atoms with Gasteiger partial charge in [-0.1, -0.05) is 20.8 Å². The van der Waals surface area contributed by atoms with E-state index in [1.807, 2.05) is 20.8 Å². The van der Waals surface area contributed by atoms with E-state index in [0.29, 0.717) is 0 Å². The number of aromatic nitrogens is 1. The van der Waals surface area contributed by atoms with Crippen LogP contribution in [-0.4, -0.2) is 51.5 Å². The maximum Gasteiger partial charge on any atom is 0.264 e. The van der Waals surface area contributed by atoms with Crippen LogP contribution in [0.5, 0.6) is 5.88 Å². The molecule has 0 radical (unpaired) electrons. The van der Waals surface area contributed by atoms with Crippen LogP contribution < -0.4 is 19.7 Å². The molecule has 1 aliphatic heterocycles. The first-order chi connectivity index (χ1) is 14.9. The molecule has 1 aliphatic rings. The van der Waals surface area contributed by atoms with Crippen molar-refractivity contribution in [1.29, 1.82) is 0 Å². The number of ether oxygens (including phenoxy) is 1. The molecule has 1 atom stereocenters. The normalized spacial score (nSPS) is 14.7. The summed E-state index contributed by atoms with van der Waals surface area (Å²) in [6.45, 7) is 5.48. The molecule has 1 aromatic carbocycles. The van der Waals surface area contributed by atoms with E-state index in [0.717, 1.165) is 16.4 Å². The number of hydrogen-bond donors (Lipinski definition) is 2. The molecular formula is C21H25FN4O5S. The molecule has 3 rings (SSSR count). The molecule has 0 saturated heterocycles. The molecule has 11 heteroatoms. The number of fused-ring (bicyclic) bond motifs is 1. The van der Waals surface area contributed by atoms with Crippen molar-refractivity contribution in [2.75, 3.05) is 24.5 Å². The maximum atomic E-state index is 13.3. The molecule has 1 unspecified atom stereocenters. The van der Waals surface area contributed by atoms with E-state index in [1.165, 1.54) is 31.4 Å². The predicted molar refractivity (Wildman–Crippen MR) is 115 cm³/mol. The van der Waals surface area contributed by atoms with Gasteiger partial charge in [-0.15, -0.1) is 0 Å². The number of anilines is 1. The fraction of sp³-hybridized carbons (Fsp3) is 0.381. The van der Waals surface area contributed by atoms with Gasteiger partial charge in [0.15, 0.2) is 0 Å². The van der Waals surface area contributed by atoms with Crippen molar-refractivity contribution in [3.05, 3.63) is 47.9 Å². The molecule has 0 fully saturated rings. The van der Waals surface area contributed by atoms with Crippen LogP contribution in [0.1, 0.15) is 31.1 Å². The molecular weight excluding hydrogens is 439 g/mol. The molecule has 172 valence electrons. The Labute approximate surface area is 186 Å². The van der Waals surface area contributed by atoms with E-state index in [2.05, 4.69) is 15.6 Å². The van der Waals surface area contributed by atoms with Crippen molar-refractivity contribution in [2.45, 2.75) is 31.7 Å². The standard InChI is InChI=1S/C21H25FN4O5S/c1-21(2,3)17(19(28)23-4)25-18(27)13-11-16-20(24-12-13)31-10-9-26(16)32(29,30)15-7-5-14(22)6-8-15/h5-8,11-12,17H,9-10H2,1-4H3,(H,23,28)(H,25,27). The molecule has 2 heterocycles. The molecule has 0 bridgehead atoms. The van der Waals surface area contributed by atoms with Crippen LogP contribution in [0.2, 0.25) is 0 Å². The lowest BCUT2D eigenvalue weighted by Crippen LogP contribution is -2.52. The summed E-state index contributed by atoms with van der Waals surface area (Å²) in [6, 6.07) is 4.97. The van der Waals surface area contributed by atoms with Gasteiger partial charge in [-0.05, 0) is 35.7 Å². The molecule has 9 nitrogen and oxygen atoms in total. The molecule has 2 amide bonds. The van der Waals surface area contributed by atoms with Gasteiger partial charge in [-0.2, -0.15) is 0 Å². The van der Waals surface area contributed by atoms with Crippen LogP contribution in [0.3, 0.4) is 0 Å². The lowest BCUT2D eigenvalue weighted by molar-refractivity contribution is -0.124. The van der Waals surface area contributed by atoms with Gasteiger partial charge in [-0.25, -0.2) is 17.8 Å². The number of hydrogen-bond acceptors (Lipinski definition) is 6.